The molecule has 0 aliphatic carbocycles. The number of rotatable bonds is 3. The zero-order valence-electron chi connectivity index (χ0n) is 10.3. The van der Waals surface area contributed by atoms with Crippen molar-refractivity contribution in [2.75, 3.05) is 25.0 Å². The van der Waals surface area contributed by atoms with Crippen molar-refractivity contribution in [3.05, 3.63) is 28.8 Å². The van der Waals surface area contributed by atoms with Crippen LogP contribution < -0.4 is 5.32 Å². The van der Waals surface area contributed by atoms with Crippen LogP contribution in [0.15, 0.2) is 18.2 Å². The number of benzene rings is 1. The number of amides is 1. The second-order valence-corrected chi connectivity index (χ2v) is 5.10. The average Bonchev–Trinajstić information content (AvgIpc) is 2.69. The molecule has 0 bridgehead atoms. The van der Waals surface area contributed by atoms with Gasteiger partial charge in [0, 0.05) is 23.8 Å². The number of carbonyl (C=O) groups is 1. The van der Waals surface area contributed by atoms with Crippen LogP contribution in [0.5, 0.6) is 0 Å². The molecule has 4 nitrogen and oxygen atoms in total. The summed E-state index contributed by atoms with van der Waals surface area (Å²) in [6, 6.07) is 5.45. The number of anilines is 1. The molecule has 1 amide bonds. The van der Waals surface area contributed by atoms with Gasteiger partial charge in [-0.25, -0.2) is 0 Å². The van der Waals surface area contributed by atoms with Gasteiger partial charge in [0.25, 0.3) is 0 Å². The zero-order chi connectivity index (χ0) is 13.1. The van der Waals surface area contributed by atoms with Crippen LogP contribution in [-0.4, -0.2) is 41.7 Å². The number of nitrogens with one attached hydrogen (secondary N) is 1. The van der Waals surface area contributed by atoms with Gasteiger partial charge in [-0.3, -0.25) is 9.69 Å². The van der Waals surface area contributed by atoms with Gasteiger partial charge < -0.3 is 10.4 Å². The Morgan fingerprint density at radius 2 is 2.39 bits per heavy atom. The predicted molar refractivity (Wildman–Crippen MR) is 71.9 cm³/mol. The van der Waals surface area contributed by atoms with E-state index in [1.165, 1.54) is 0 Å². The predicted octanol–water partition coefficient (Wildman–Crippen LogP) is 1.65. The maximum Gasteiger partial charge on any atom is 0.238 e. The lowest BCUT2D eigenvalue weighted by Gasteiger charge is -2.14. The summed E-state index contributed by atoms with van der Waals surface area (Å²) >= 11 is 5.99. The van der Waals surface area contributed by atoms with Crippen molar-refractivity contribution in [2.24, 2.45) is 0 Å². The van der Waals surface area contributed by atoms with Gasteiger partial charge in [0.2, 0.25) is 5.91 Å². The summed E-state index contributed by atoms with van der Waals surface area (Å²) < 4.78 is 0. The largest absolute Gasteiger partial charge is 0.392 e. The van der Waals surface area contributed by atoms with Crippen LogP contribution in [0.2, 0.25) is 5.02 Å². The number of likely N-dealkylation sites (tertiary alicyclic amines) is 1. The van der Waals surface area contributed by atoms with Crippen LogP contribution in [0, 0.1) is 6.92 Å². The summed E-state index contributed by atoms with van der Waals surface area (Å²) in [4.78, 5) is 13.7. The molecule has 1 aromatic carbocycles. The van der Waals surface area contributed by atoms with Gasteiger partial charge in [0.15, 0.2) is 0 Å². The van der Waals surface area contributed by atoms with E-state index < -0.39 is 0 Å². The van der Waals surface area contributed by atoms with Crippen LogP contribution in [0.25, 0.3) is 0 Å². The molecule has 1 aliphatic heterocycles. The van der Waals surface area contributed by atoms with Crippen LogP contribution in [0.4, 0.5) is 5.69 Å². The Bertz CT molecular complexity index is 451. The molecule has 1 saturated heterocycles. The van der Waals surface area contributed by atoms with Crippen molar-refractivity contribution in [1.29, 1.82) is 0 Å². The lowest BCUT2D eigenvalue weighted by molar-refractivity contribution is -0.117. The molecule has 1 atom stereocenters. The van der Waals surface area contributed by atoms with E-state index >= 15 is 0 Å². The molecule has 0 saturated carbocycles. The number of carbonyl (C=O) groups excluding carboxylic acids is 1. The Morgan fingerprint density at radius 3 is 3.00 bits per heavy atom. The van der Waals surface area contributed by atoms with Crippen molar-refractivity contribution >= 4 is 23.2 Å². The number of aryl methyl sites for hydroxylation is 1. The van der Waals surface area contributed by atoms with E-state index in [2.05, 4.69) is 5.32 Å². The minimum absolute atomic E-state index is 0.0796. The van der Waals surface area contributed by atoms with Gasteiger partial charge in [-0.05, 0) is 31.0 Å². The normalized spacial score (nSPS) is 20.1. The molecule has 1 aromatic rings. The van der Waals surface area contributed by atoms with Gasteiger partial charge in [-0.15, -0.1) is 0 Å². The number of halogens is 1. The molecule has 0 radical (unpaired) electrons. The first-order valence-electron chi connectivity index (χ1n) is 6.01. The quantitative estimate of drug-likeness (QED) is 0.877. The Morgan fingerprint density at radius 1 is 1.61 bits per heavy atom. The number of hydrogen-bond acceptors (Lipinski definition) is 3. The number of β-amino-alcohol motifs (C(OH)–C–C–N with tert-alkyl or cyclic N) is 1. The first-order valence-corrected chi connectivity index (χ1v) is 6.39. The molecule has 5 heteroatoms. The summed E-state index contributed by atoms with van der Waals surface area (Å²) in [5.74, 6) is -0.0796. The molecular weight excluding hydrogens is 252 g/mol. The molecule has 2 rings (SSSR count). The maximum atomic E-state index is 11.8. The lowest BCUT2D eigenvalue weighted by atomic mass is 10.2. The first kappa shape index (κ1) is 13.3. The van der Waals surface area contributed by atoms with Gasteiger partial charge in [0.1, 0.15) is 0 Å². The summed E-state index contributed by atoms with van der Waals surface area (Å²) in [6.07, 6.45) is 0.440. The number of aliphatic hydroxyl groups is 1. The molecule has 2 N–H and O–H groups in total. The number of nitrogens with zero attached hydrogens (tertiary/aromatic N) is 1. The van der Waals surface area contributed by atoms with E-state index in [9.17, 15) is 9.90 Å². The maximum absolute atomic E-state index is 11.8. The second kappa shape index (κ2) is 5.69. The highest BCUT2D eigenvalue weighted by molar-refractivity contribution is 6.31. The fourth-order valence-corrected chi connectivity index (χ4v) is 2.21. The molecule has 1 aliphatic rings. The third-order valence-electron chi connectivity index (χ3n) is 3.07. The molecule has 1 fully saturated rings. The van der Waals surface area contributed by atoms with E-state index in [0.29, 0.717) is 23.8 Å². The van der Waals surface area contributed by atoms with E-state index in [4.69, 9.17) is 11.6 Å². The van der Waals surface area contributed by atoms with Crippen molar-refractivity contribution in [2.45, 2.75) is 19.4 Å². The highest BCUT2D eigenvalue weighted by atomic mass is 35.5. The lowest BCUT2D eigenvalue weighted by Crippen LogP contribution is -2.32. The van der Waals surface area contributed by atoms with Gasteiger partial charge in [-0.1, -0.05) is 17.7 Å². The van der Waals surface area contributed by atoms with Gasteiger partial charge >= 0.3 is 0 Å². The zero-order valence-corrected chi connectivity index (χ0v) is 11.1. The SMILES string of the molecule is Cc1ccc(NC(=O)CN2CCC(O)C2)cc1Cl. The molecule has 98 valence electrons. The Kier molecular flexibility index (Phi) is 4.22. The smallest absolute Gasteiger partial charge is 0.238 e. The summed E-state index contributed by atoms with van der Waals surface area (Å²) in [6.45, 7) is 3.56. The summed E-state index contributed by atoms with van der Waals surface area (Å²) in [5, 5.41) is 12.8. The summed E-state index contributed by atoms with van der Waals surface area (Å²) in [7, 11) is 0. The molecular formula is C13H17ClN2O2. The highest BCUT2D eigenvalue weighted by Gasteiger charge is 2.21. The molecule has 0 aromatic heterocycles. The molecule has 18 heavy (non-hydrogen) atoms. The van der Waals surface area contributed by atoms with E-state index in [-0.39, 0.29) is 12.0 Å². The van der Waals surface area contributed by atoms with Gasteiger partial charge in [0.05, 0.1) is 12.6 Å². The number of hydrogen-bond donors (Lipinski definition) is 2. The van der Waals surface area contributed by atoms with Crippen LogP contribution in [-0.2, 0) is 4.79 Å². The van der Waals surface area contributed by atoms with Crippen LogP contribution >= 0.6 is 11.6 Å². The minimum Gasteiger partial charge on any atom is -0.392 e. The second-order valence-electron chi connectivity index (χ2n) is 4.69. The molecule has 1 unspecified atom stereocenters. The van der Waals surface area contributed by atoms with Crippen molar-refractivity contribution in [3.63, 3.8) is 0 Å². The number of aliphatic hydroxyl groups excluding tert-OH is 1. The minimum atomic E-state index is -0.299. The Labute approximate surface area is 112 Å². The average molecular weight is 269 g/mol. The first-order chi connectivity index (χ1) is 8.54. The third-order valence-corrected chi connectivity index (χ3v) is 3.48. The van der Waals surface area contributed by atoms with Crippen LogP contribution in [0.3, 0.4) is 0 Å². The molecule has 0 spiro atoms. The van der Waals surface area contributed by atoms with E-state index in [1.54, 1.807) is 6.07 Å². The fourth-order valence-electron chi connectivity index (χ4n) is 2.03. The Hall–Kier alpha value is -1.10. The standard InChI is InChI=1S/C13H17ClN2O2/c1-9-2-3-10(6-12(9)14)15-13(18)8-16-5-4-11(17)7-16/h2-3,6,11,17H,4-5,7-8H2,1H3,(H,15,18). The Balaban J connectivity index is 1.89. The van der Waals surface area contributed by atoms with Crippen molar-refractivity contribution < 1.29 is 9.90 Å². The van der Waals surface area contributed by atoms with E-state index in [0.717, 1.165) is 18.5 Å². The van der Waals surface area contributed by atoms with Gasteiger partial charge in [-0.2, -0.15) is 0 Å². The van der Waals surface area contributed by atoms with E-state index in [1.807, 2.05) is 24.0 Å². The summed E-state index contributed by atoms with van der Waals surface area (Å²) in [5.41, 5.74) is 1.69. The van der Waals surface area contributed by atoms with Crippen LogP contribution in [0.1, 0.15) is 12.0 Å². The fraction of sp³-hybridized carbons (Fsp3) is 0.462. The molecule has 1 heterocycles. The van der Waals surface area contributed by atoms with Crippen molar-refractivity contribution in [3.8, 4) is 0 Å². The topological polar surface area (TPSA) is 52.6 Å². The highest BCUT2D eigenvalue weighted by Crippen LogP contribution is 2.20. The monoisotopic (exact) mass is 268 g/mol. The third kappa shape index (κ3) is 3.45. The van der Waals surface area contributed by atoms with Crippen molar-refractivity contribution in [1.82, 2.24) is 4.90 Å².